The van der Waals surface area contributed by atoms with E-state index in [1.807, 2.05) is 60.7 Å². The van der Waals surface area contributed by atoms with Crippen molar-refractivity contribution < 1.29 is 4.42 Å². The fraction of sp³-hybridized carbons (Fsp3) is 0.118. The summed E-state index contributed by atoms with van der Waals surface area (Å²) >= 11 is 0. The van der Waals surface area contributed by atoms with E-state index in [1.165, 1.54) is 11.4 Å². The smallest absolute Gasteiger partial charge is 0.238 e. The van der Waals surface area contributed by atoms with E-state index in [-0.39, 0.29) is 0 Å². The molecule has 190 valence electrons. The van der Waals surface area contributed by atoms with E-state index >= 15 is 0 Å². The van der Waals surface area contributed by atoms with Crippen molar-refractivity contribution in [1.82, 2.24) is 0 Å². The number of hydrogen-bond acceptors (Lipinski definition) is 5. The topological polar surface area (TPSA) is 55.8 Å². The normalized spacial score (nSPS) is 13.5. The number of piperazine rings is 1. The van der Waals surface area contributed by atoms with Crippen molar-refractivity contribution in [2.45, 2.75) is 0 Å². The van der Waals surface area contributed by atoms with E-state index < -0.39 is 0 Å². The monoisotopic (exact) mass is 508 g/mol. The summed E-state index contributed by atoms with van der Waals surface area (Å²) in [6.07, 6.45) is 1.76. The van der Waals surface area contributed by atoms with Crippen LogP contribution in [-0.4, -0.2) is 32.4 Å². The van der Waals surface area contributed by atoms with Gasteiger partial charge in [-0.2, -0.15) is 5.26 Å². The molecular weight excluding hydrogens is 480 g/mol. The van der Waals surface area contributed by atoms with Crippen LogP contribution in [0.3, 0.4) is 0 Å². The maximum Gasteiger partial charge on any atom is 0.238 e. The van der Waals surface area contributed by atoms with E-state index in [1.54, 1.807) is 6.21 Å². The van der Waals surface area contributed by atoms with Crippen molar-refractivity contribution in [2.75, 3.05) is 36.0 Å². The van der Waals surface area contributed by atoms with Gasteiger partial charge >= 0.3 is 0 Å². The molecule has 0 saturated carbocycles. The molecule has 0 atom stereocenters. The van der Waals surface area contributed by atoms with E-state index in [9.17, 15) is 5.26 Å². The molecule has 6 rings (SSSR count). The van der Waals surface area contributed by atoms with Crippen LogP contribution in [0, 0.1) is 11.3 Å². The highest BCUT2D eigenvalue weighted by atomic mass is 16.4. The zero-order valence-electron chi connectivity index (χ0n) is 21.6. The third-order valence-corrected chi connectivity index (χ3v) is 7.09. The lowest BCUT2D eigenvalue weighted by Gasteiger charge is -2.37. The number of benzene rings is 4. The van der Waals surface area contributed by atoms with Gasteiger partial charge in [-0.3, -0.25) is 0 Å². The second-order valence-corrected chi connectivity index (χ2v) is 9.49. The van der Waals surface area contributed by atoms with Crippen LogP contribution in [0.2, 0.25) is 0 Å². The summed E-state index contributed by atoms with van der Waals surface area (Å²) < 4.78 is 6.23. The Labute approximate surface area is 228 Å². The molecule has 1 fully saturated rings. The van der Waals surface area contributed by atoms with E-state index in [2.05, 4.69) is 75.5 Å². The van der Waals surface area contributed by atoms with Crippen LogP contribution < -0.4 is 9.80 Å². The molecule has 1 aromatic heterocycles. The van der Waals surface area contributed by atoms with Crippen molar-refractivity contribution in [3.8, 4) is 28.5 Å². The molecular formula is C34H28N4O. The molecule has 5 heteroatoms. The van der Waals surface area contributed by atoms with Crippen molar-refractivity contribution in [3.05, 3.63) is 126 Å². The summed E-state index contributed by atoms with van der Waals surface area (Å²) in [4.78, 5) is 9.48. The van der Waals surface area contributed by atoms with Gasteiger partial charge < -0.3 is 14.2 Å². The van der Waals surface area contributed by atoms with E-state index in [4.69, 9.17) is 4.42 Å². The first-order valence-corrected chi connectivity index (χ1v) is 13.2. The lowest BCUT2D eigenvalue weighted by Crippen LogP contribution is -2.46. The Morgan fingerprint density at radius 1 is 0.641 bits per heavy atom. The second-order valence-electron chi connectivity index (χ2n) is 9.49. The Bertz CT molecular complexity index is 1590. The molecule has 1 aliphatic rings. The molecule has 0 amide bonds. The summed E-state index contributed by atoms with van der Waals surface area (Å²) in [6.45, 7) is 3.95. The molecule has 4 aromatic carbocycles. The third kappa shape index (κ3) is 5.18. The van der Waals surface area contributed by atoms with Gasteiger partial charge in [-0.25, -0.2) is 4.99 Å². The number of aliphatic imine (C=N–C) groups is 1. The summed E-state index contributed by atoms with van der Waals surface area (Å²) in [5.74, 6) is 0.965. The fourth-order valence-electron chi connectivity index (χ4n) is 5.05. The molecule has 0 unspecified atom stereocenters. The SMILES string of the molecule is N#Cc1c(N=Cc2ccc(N3CCN(c4ccccc4)CC3)cc2)oc(-c2ccccc2)c1-c1ccccc1. The summed E-state index contributed by atoms with van der Waals surface area (Å²) in [5, 5.41) is 10.1. The molecule has 5 nitrogen and oxygen atoms in total. The molecule has 0 N–H and O–H groups in total. The van der Waals surface area contributed by atoms with Crippen LogP contribution in [0.1, 0.15) is 11.1 Å². The predicted molar refractivity (Wildman–Crippen MR) is 159 cm³/mol. The Balaban J connectivity index is 1.22. The summed E-state index contributed by atoms with van der Waals surface area (Å²) in [5.41, 5.74) is 6.47. The quantitative estimate of drug-likeness (QED) is 0.222. The molecule has 2 heterocycles. The molecule has 39 heavy (non-hydrogen) atoms. The largest absolute Gasteiger partial charge is 0.436 e. The molecule has 1 saturated heterocycles. The Kier molecular flexibility index (Phi) is 6.92. The number of nitrogens with zero attached hydrogens (tertiary/aromatic N) is 4. The van der Waals surface area contributed by atoms with Gasteiger partial charge in [-0.15, -0.1) is 0 Å². The highest BCUT2D eigenvalue weighted by Crippen LogP contribution is 2.42. The first kappa shape index (κ1) is 24.3. The van der Waals surface area contributed by atoms with Crippen LogP contribution in [0.4, 0.5) is 17.3 Å². The van der Waals surface area contributed by atoms with Gasteiger partial charge in [-0.1, -0.05) is 91.0 Å². The minimum atomic E-state index is 0.316. The maximum absolute atomic E-state index is 10.1. The van der Waals surface area contributed by atoms with Crippen LogP contribution in [-0.2, 0) is 0 Å². The minimum absolute atomic E-state index is 0.316. The maximum atomic E-state index is 10.1. The third-order valence-electron chi connectivity index (χ3n) is 7.09. The molecule has 0 radical (unpaired) electrons. The van der Waals surface area contributed by atoms with E-state index in [0.717, 1.165) is 48.4 Å². The zero-order valence-corrected chi connectivity index (χ0v) is 21.6. The van der Waals surface area contributed by atoms with Gasteiger partial charge in [0.05, 0.1) is 0 Å². The van der Waals surface area contributed by atoms with E-state index in [0.29, 0.717) is 17.2 Å². The zero-order chi connectivity index (χ0) is 26.4. The number of anilines is 2. The summed E-state index contributed by atoms with van der Waals surface area (Å²) in [7, 11) is 0. The number of nitriles is 1. The first-order chi connectivity index (χ1) is 19.3. The number of para-hydroxylation sites is 1. The number of hydrogen-bond donors (Lipinski definition) is 0. The minimum Gasteiger partial charge on any atom is -0.436 e. The van der Waals surface area contributed by atoms with Gasteiger partial charge in [0.1, 0.15) is 17.4 Å². The highest BCUT2D eigenvalue weighted by molar-refractivity contribution is 5.90. The van der Waals surface area contributed by atoms with Crippen molar-refractivity contribution >= 4 is 23.5 Å². The van der Waals surface area contributed by atoms with Crippen LogP contribution in [0.15, 0.2) is 125 Å². The Morgan fingerprint density at radius 3 is 1.72 bits per heavy atom. The average Bonchev–Trinajstić information content (AvgIpc) is 3.40. The fourth-order valence-corrected chi connectivity index (χ4v) is 5.05. The molecule has 5 aromatic rings. The summed E-state index contributed by atoms with van der Waals surface area (Å²) in [6, 6.07) is 41.1. The van der Waals surface area contributed by atoms with Crippen molar-refractivity contribution in [2.24, 2.45) is 4.99 Å². The van der Waals surface area contributed by atoms with Crippen molar-refractivity contribution in [1.29, 1.82) is 5.26 Å². The molecule has 0 spiro atoms. The predicted octanol–water partition coefficient (Wildman–Crippen LogP) is 7.56. The lowest BCUT2D eigenvalue weighted by molar-refractivity contribution is 0.593. The average molecular weight is 509 g/mol. The highest BCUT2D eigenvalue weighted by Gasteiger charge is 2.22. The van der Waals surface area contributed by atoms with Gasteiger partial charge in [0, 0.05) is 54.9 Å². The van der Waals surface area contributed by atoms with Crippen LogP contribution in [0.25, 0.3) is 22.5 Å². The number of furan rings is 1. The van der Waals surface area contributed by atoms with Gasteiger partial charge in [0.25, 0.3) is 0 Å². The van der Waals surface area contributed by atoms with Crippen LogP contribution >= 0.6 is 0 Å². The van der Waals surface area contributed by atoms with Gasteiger partial charge in [0.2, 0.25) is 5.88 Å². The molecule has 1 aliphatic heterocycles. The Hall–Kier alpha value is -5.08. The molecule has 0 bridgehead atoms. The number of rotatable bonds is 6. The standard InChI is InChI=1S/C34H28N4O/c35-24-31-32(27-10-4-1-5-11-27)33(28-12-6-2-7-13-28)39-34(31)36-25-26-16-18-30(19-17-26)38-22-20-37(21-23-38)29-14-8-3-9-15-29/h1-19,25H,20-23H2. The van der Waals surface area contributed by atoms with Gasteiger partial charge in [-0.05, 0) is 35.4 Å². The Morgan fingerprint density at radius 2 is 1.15 bits per heavy atom. The lowest BCUT2D eigenvalue weighted by atomic mass is 9.98. The second kappa shape index (κ2) is 11.1. The first-order valence-electron chi connectivity index (χ1n) is 13.2. The molecule has 0 aliphatic carbocycles. The van der Waals surface area contributed by atoms with Crippen molar-refractivity contribution in [3.63, 3.8) is 0 Å². The van der Waals surface area contributed by atoms with Crippen LogP contribution in [0.5, 0.6) is 0 Å². The van der Waals surface area contributed by atoms with Gasteiger partial charge in [0.15, 0.2) is 0 Å².